The van der Waals surface area contributed by atoms with Gasteiger partial charge in [-0.3, -0.25) is 0 Å². The van der Waals surface area contributed by atoms with Crippen LogP contribution >= 0.6 is 0 Å². The summed E-state index contributed by atoms with van der Waals surface area (Å²) in [5.41, 5.74) is 7.37. The molecule has 1 heterocycles. The van der Waals surface area contributed by atoms with Crippen LogP contribution in [0.15, 0.2) is 59.0 Å². The van der Waals surface area contributed by atoms with E-state index >= 15 is 0 Å². The van der Waals surface area contributed by atoms with Gasteiger partial charge in [0.2, 0.25) is 0 Å². The van der Waals surface area contributed by atoms with Crippen LogP contribution in [0.3, 0.4) is 0 Å². The van der Waals surface area contributed by atoms with E-state index in [0.717, 1.165) is 11.0 Å². The second-order valence-corrected chi connectivity index (χ2v) is 4.90. The Morgan fingerprint density at radius 2 is 1.86 bits per heavy atom. The Labute approximate surface area is 122 Å². The molecule has 3 rings (SSSR count). The highest BCUT2D eigenvalue weighted by Crippen LogP contribution is 2.23. The van der Waals surface area contributed by atoms with Crippen molar-refractivity contribution >= 4 is 11.0 Å². The number of ether oxygens (including phenoxy) is 1. The molecular weight excluding hydrogens is 269 g/mol. The van der Waals surface area contributed by atoms with E-state index in [4.69, 9.17) is 14.9 Å². The minimum Gasteiger partial charge on any atom is -0.459 e. The number of fused-ring (bicyclic) bond motifs is 1. The number of hydrogen-bond donors (Lipinski definition) is 1. The van der Waals surface area contributed by atoms with Gasteiger partial charge in [-0.25, -0.2) is 4.39 Å². The normalized spacial score (nSPS) is 12.7. The van der Waals surface area contributed by atoms with Crippen molar-refractivity contribution < 1.29 is 13.5 Å². The Morgan fingerprint density at radius 3 is 2.67 bits per heavy atom. The maximum absolute atomic E-state index is 13.4. The van der Waals surface area contributed by atoms with E-state index < -0.39 is 0 Å². The zero-order chi connectivity index (χ0) is 14.7. The molecule has 0 aliphatic carbocycles. The number of hydrogen-bond acceptors (Lipinski definition) is 3. The van der Waals surface area contributed by atoms with Gasteiger partial charge in [0.15, 0.2) is 0 Å². The number of para-hydroxylation sites is 1. The van der Waals surface area contributed by atoms with Crippen LogP contribution in [0.25, 0.3) is 11.0 Å². The lowest BCUT2D eigenvalue weighted by atomic mass is 10.2. The lowest BCUT2D eigenvalue weighted by Gasteiger charge is -2.10. The lowest BCUT2D eigenvalue weighted by Crippen LogP contribution is -2.16. The maximum Gasteiger partial charge on any atom is 0.134 e. The summed E-state index contributed by atoms with van der Waals surface area (Å²) in [4.78, 5) is 0. The molecule has 3 nitrogen and oxygen atoms in total. The predicted molar refractivity (Wildman–Crippen MR) is 79.2 cm³/mol. The molecule has 1 atom stereocenters. The van der Waals surface area contributed by atoms with Crippen LogP contribution in [0.2, 0.25) is 0 Å². The molecule has 21 heavy (non-hydrogen) atoms. The van der Waals surface area contributed by atoms with Crippen LogP contribution in [0.5, 0.6) is 0 Å². The molecule has 2 N–H and O–H groups in total. The van der Waals surface area contributed by atoms with Crippen LogP contribution < -0.4 is 5.73 Å². The molecule has 0 spiro atoms. The van der Waals surface area contributed by atoms with Crippen molar-refractivity contribution in [3.05, 3.63) is 71.7 Å². The summed E-state index contributed by atoms with van der Waals surface area (Å²) in [6.45, 7) is 0.467. The van der Waals surface area contributed by atoms with Crippen LogP contribution in [0.1, 0.15) is 17.4 Å². The number of nitrogens with two attached hydrogens (primary N) is 1. The zero-order valence-corrected chi connectivity index (χ0v) is 11.5. The van der Waals surface area contributed by atoms with E-state index in [-0.39, 0.29) is 25.1 Å². The van der Waals surface area contributed by atoms with Gasteiger partial charge in [-0.1, -0.05) is 36.4 Å². The SMILES string of the molecule is NC(COCc1ccccc1F)c1cc2ccccc2o1. The molecule has 2 aromatic carbocycles. The average Bonchev–Trinajstić information content (AvgIpc) is 2.93. The highest BCUT2D eigenvalue weighted by Gasteiger charge is 2.12. The van der Waals surface area contributed by atoms with Gasteiger partial charge in [-0.05, 0) is 18.2 Å². The van der Waals surface area contributed by atoms with Gasteiger partial charge < -0.3 is 14.9 Å². The largest absolute Gasteiger partial charge is 0.459 e. The van der Waals surface area contributed by atoms with Crippen molar-refractivity contribution in [2.24, 2.45) is 5.73 Å². The van der Waals surface area contributed by atoms with Gasteiger partial charge in [0.05, 0.1) is 19.3 Å². The van der Waals surface area contributed by atoms with Crippen LogP contribution in [0.4, 0.5) is 4.39 Å². The van der Waals surface area contributed by atoms with E-state index in [1.807, 2.05) is 30.3 Å². The summed E-state index contributed by atoms with van der Waals surface area (Å²) in [7, 11) is 0. The molecule has 0 saturated carbocycles. The topological polar surface area (TPSA) is 48.4 Å². The molecule has 0 aliphatic heterocycles. The van der Waals surface area contributed by atoms with Crippen molar-refractivity contribution in [1.29, 1.82) is 0 Å². The van der Waals surface area contributed by atoms with Crippen molar-refractivity contribution in [2.45, 2.75) is 12.6 Å². The Bertz CT molecular complexity index is 705. The summed E-state index contributed by atoms with van der Waals surface area (Å²) in [6, 6.07) is 15.8. The van der Waals surface area contributed by atoms with Gasteiger partial charge >= 0.3 is 0 Å². The van der Waals surface area contributed by atoms with E-state index in [1.165, 1.54) is 6.07 Å². The van der Waals surface area contributed by atoms with E-state index in [1.54, 1.807) is 18.2 Å². The molecule has 0 aliphatic rings. The second kappa shape index (κ2) is 6.08. The number of rotatable bonds is 5. The standard InChI is InChI=1S/C17H16FNO2/c18-14-7-3-1-6-13(14)10-20-11-15(19)17-9-12-5-2-4-8-16(12)21-17/h1-9,15H,10-11,19H2. The summed E-state index contributed by atoms with van der Waals surface area (Å²) in [5, 5.41) is 1.01. The van der Waals surface area contributed by atoms with Crippen molar-refractivity contribution in [3.63, 3.8) is 0 Å². The highest BCUT2D eigenvalue weighted by molar-refractivity contribution is 5.77. The zero-order valence-electron chi connectivity index (χ0n) is 11.5. The first kappa shape index (κ1) is 13.8. The Kier molecular flexibility index (Phi) is 3.99. The highest BCUT2D eigenvalue weighted by atomic mass is 19.1. The molecule has 4 heteroatoms. The van der Waals surface area contributed by atoms with Gasteiger partial charge in [-0.15, -0.1) is 0 Å². The van der Waals surface area contributed by atoms with Gasteiger partial charge in [-0.2, -0.15) is 0 Å². The van der Waals surface area contributed by atoms with Gasteiger partial charge in [0.25, 0.3) is 0 Å². The first-order chi connectivity index (χ1) is 10.2. The first-order valence-electron chi connectivity index (χ1n) is 6.79. The van der Waals surface area contributed by atoms with Crippen LogP contribution in [-0.2, 0) is 11.3 Å². The molecule has 0 saturated heterocycles. The molecular formula is C17H16FNO2. The van der Waals surface area contributed by atoms with E-state index in [2.05, 4.69) is 0 Å². The molecule has 0 fully saturated rings. The van der Waals surface area contributed by atoms with Crippen LogP contribution in [0, 0.1) is 5.82 Å². The van der Waals surface area contributed by atoms with E-state index in [9.17, 15) is 4.39 Å². The average molecular weight is 285 g/mol. The second-order valence-electron chi connectivity index (χ2n) is 4.90. The molecule has 1 unspecified atom stereocenters. The summed E-state index contributed by atoms with van der Waals surface area (Å²) >= 11 is 0. The maximum atomic E-state index is 13.4. The molecule has 3 aromatic rings. The van der Waals surface area contributed by atoms with E-state index in [0.29, 0.717) is 11.3 Å². The van der Waals surface area contributed by atoms with Crippen LogP contribution in [-0.4, -0.2) is 6.61 Å². The fourth-order valence-electron chi connectivity index (χ4n) is 2.18. The van der Waals surface area contributed by atoms with Crippen molar-refractivity contribution in [3.8, 4) is 0 Å². The molecule has 0 amide bonds. The van der Waals surface area contributed by atoms with Gasteiger partial charge in [0, 0.05) is 10.9 Å². The number of benzene rings is 2. The fourth-order valence-corrected chi connectivity index (χ4v) is 2.18. The first-order valence-corrected chi connectivity index (χ1v) is 6.79. The number of furan rings is 1. The monoisotopic (exact) mass is 285 g/mol. The summed E-state index contributed by atoms with van der Waals surface area (Å²) < 4.78 is 24.6. The Balaban J connectivity index is 1.61. The lowest BCUT2D eigenvalue weighted by molar-refractivity contribution is 0.101. The molecule has 108 valence electrons. The van der Waals surface area contributed by atoms with Crippen molar-refractivity contribution in [1.82, 2.24) is 0 Å². The summed E-state index contributed by atoms with van der Waals surface area (Å²) in [6.07, 6.45) is 0. The predicted octanol–water partition coefficient (Wildman–Crippen LogP) is 3.79. The quantitative estimate of drug-likeness (QED) is 0.776. The third-order valence-electron chi connectivity index (χ3n) is 3.32. The Morgan fingerprint density at radius 1 is 1.10 bits per heavy atom. The van der Waals surface area contributed by atoms with Gasteiger partial charge in [0.1, 0.15) is 17.2 Å². The minimum absolute atomic E-state index is 0.195. The Hall–Kier alpha value is -2.17. The number of halogens is 1. The molecule has 0 radical (unpaired) electrons. The summed E-state index contributed by atoms with van der Waals surface area (Å²) in [5.74, 6) is 0.402. The third-order valence-corrected chi connectivity index (χ3v) is 3.32. The smallest absolute Gasteiger partial charge is 0.134 e. The minimum atomic E-state index is -0.371. The fraction of sp³-hybridized carbons (Fsp3) is 0.176. The molecule has 1 aromatic heterocycles. The molecule has 0 bridgehead atoms. The van der Waals surface area contributed by atoms with Crippen molar-refractivity contribution in [2.75, 3.05) is 6.61 Å². The third kappa shape index (κ3) is 3.12.